The van der Waals surface area contributed by atoms with Gasteiger partial charge in [0.1, 0.15) is 24.5 Å². The first kappa shape index (κ1) is 29.2. The second-order valence-corrected chi connectivity index (χ2v) is 12.2. The van der Waals surface area contributed by atoms with Gasteiger partial charge in [-0.15, -0.1) is 0 Å². The molecule has 5 aromatic rings. The van der Waals surface area contributed by atoms with Crippen LogP contribution in [0, 0.1) is 0 Å². The van der Waals surface area contributed by atoms with Crippen LogP contribution >= 0.6 is 0 Å². The van der Waals surface area contributed by atoms with Gasteiger partial charge in [0, 0.05) is 37.5 Å². The van der Waals surface area contributed by atoms with Crippen molar-refractivity contribution < 1.29 is 19.0 Å². The highest BCUT2D eigenvalue weighted by Crippen LogP contribution is 2.37. The predicted octanol–water partition coefficient (Wildman–Crippen LogP) is 7.52. The third-order valence-corrected chi connectivity index (χ3v) is 7.72. The van der Waals surface area contributed by atoms with Gasteiger partial charge in [0.15, 0.2) is 0 Å². The van der Waals surface area contributed by atoms with Gasteiger partial charge < -0.3 is 19.1 Å². The number of carbonyl (C=O) groups is 1. The summed E-state index contributed by atoms with van der Waals surface area (Å²) < 4.78 is 19.8. The number of rotatable bonds is 8. The van der Waals surface area contributed by atoms with Crippen molar-refractivity contribution in [2.75, 3.05) is 13.1 Å². The zero-order chi connectivity index (χ0) is 30.7. The first-order chi connectivity index (χ1) is 21.2. The van der Waals surface area contributed by atoms with Gasteiger partial charge in [-0.05, 0) is 56.0 Å². The molecule has 6 rings (SSSR count). The molecule has 0 aliphatic carbocycles. The van der Waals surface area contributed by atoms with Crippen LogP contribution in [0.5, 0.6) is 11.8 Å². The van der Waals surface area contributed by atoms with Crippen molar-refractivity contribution in [1.29, 1.82) is 0 Å². The summed E-state index contributed by atoms with van der Waals surface area (Å²) in [6.45, 7) is 7.78. The number of aromatic nitrogens is 3. The predicted molar refractivity (Wildman–Crippen MR) is 171 cm³/mol. The fourth-order valence-electron chi connectivity index (χ4n) is 5.50. The van der Waals surface area contributed by atoms with Crippen LogP contribution in [0.3, 0.4) is 0 Å². The summed E-state index contributed by atoms with van der Waals surface area (Å²) in [5.41, 5.74) is 5.37. The SMILES string of the molecule is Cn1nc(-c2ccc(OCc3ccccc3)nc2OCc2ccccc2)c2ccc(C3CCN(C(=O)OC(C)(C)C)C3)cc21. The van der Waals surface area contributed by atoms with Gasteiger partial charge in [0.2, 0.25) is 11.8 Å². The normalized spacial score (nSPS) is 15.0. The Morgan fingerprint density at radius 3 is 2.25 bits per heavy atom. The van der Waals surface area contributed by atoms with E-state index >= 15 is 0 Å². The van der Waals surface area contributed by atoms with Crippen LogP contribution in [-0.4, -0.2) is 44.4 Å². The Morgan fingerprint density at radius 1 is 0.886 bits per heavy atom. The molecular formula is C36H38N4O4. The van der Waals surface area contributed by atoms with Crippen molar-refractivity contribution in [3.05, 3.63) is 108 Å². The fraction of sp³-hybridized carbons (Fsp3) is 0.306. The van der Waals surface area contributed by atoms with E-state index in [0.29, 0.717) is 38.1 Å². The lowest BCUT2D eigenvalue weighted by Gasteiger charge is -2.24. The lowest BCUT2D eigenvalue weighted by molar-refractivity contribution is 0.0292. The number of ether oxygens (including phenoxy) is 3. The second-order valence-electron chi connectivity index (χ2n) is 12.2. The van der Waals surface area contributed by atoms with Crippen molar-refractivity contribution in [2.45, 2.75) is 51.9 Å². The van der Waals surface area contributed by atoms with Crippen molar-refractivity contribution in [3.8, 4) is 23.0 Å². The van der Waals surface area contributed by atoms with Crippen LogP contribution in [0.25, 0.3) is 22.2 Å². The zero-order valence-corrected chi connectivity index (χ0v) is 25.7. The summed E-state index contributed by atoms with van der Waals surface area (Å²) in [4.78, 5) is 19.2. The minimum atomic E-state index is -0.510. The highest BCUT2D eigenvalue weighted by Gasteiger charge is 2.31. The number of aryl methyl sites for hydroxylation is 1. The monoisotopic (exact) mass is 590 g/mol. The molecule has 1 atom stereocenters. The molecule has 0 bridgehead atoms. The Labute approximate surface area is 258 Å². The molecule has 1 aliphatic rings. The van der Waals surface area contributed by atoms with Gasteiger partial charge in [-0.1, -0.05) is 72.8 Å². The first-order valence-corrected chi connectivity index (χ1v) is 15.0. The van der Waals surface area contributed by atoms with Crippen LogP contribution in [0.15, 0.2) is 91.0 Å². The lowest BCUT2D eigenvalue weighted by Crippen LogP contribution is -2.35. The van der Waals surface area contributed by atoms with E-state index in [1.807, 2.05) is 105 Å². The molecule has 1 aliphatic heterocycles. The number of carbonyl (C=O) groups excluding carboxylic acids is 1. The summed E-state index contributed by atoms with van der Waals surface area (Å²) >= 11 is 0. The molecular weight excluding hydrogens is 552 g/mol. The Balaban J connectivity index is 1.27. The maximum absolute atomic E-state index is 12.6. The number of fused-ring (bicyclic) bond motifs is 1. The second kappa shape index (κ2) is 12.4. The molecule has 8 nitrogen and oxygen atoms in total. The third kappa shape index (κ3) is 6.70. The number of benzene rings is 3. The maximum atomic E-state index is 12.6. The molecule has 0 saturated carbocycles. The molecule has 1 amide bonds. The van der Waals surface area contributed by atoms with E-state index in [1.165, 1.54) is 5.56 Å². The maximum Gasteiger partial charge on any atom is 0.410 e. The van der Waals surface area contributed by atoms with Crippen molar-refractivity contribution in [1.82, 2.24) is 19.7 Å². The minimum absolute atomic E-state index is 0.234. The van der Waals surface area contributed by atoms with E-state index in [1.54, 1.807) is 4.90 Å². The summed E-state index contributed by atoms with van der Waals surface area (Å²) in [6.07, 6.45) is 0.636. The van der Waals surface area contributed by atoms with Crippen LogP contribution in [0.2, 0.25) is 0 Å². The lowest BCUT2D eigenvalue weighted by atomic mass is 9.96. The molecule has 1 saturated heterocycles. The van der Waals surface area contributed by atoms with E-state index in [0.717, 1.165) is 39.7 Å². The van der Waals surface area contributed by atoms with Gasteiger partial charge >= 0.3 is 6.09 Å². The molecule has 0 N–H and O–H groups in total. The Hall–Kier alpha value is -4.85. The van der Waals surface area contributed by atoms with Gasteiger partial charge in [0.25, 0.3) is 0 Å². The number of likely N-dealkylation sites (tertiary alicyclic amines) is 1. The third-order valence-electron chi connectivity index (χ3n) is 7.72. The Morgan fingerprint density at radius 2 is 1.57 bits per heavy atom. The number of nitrogens with zero attached hydrogens (tertiary/aromatic N) is 4. The van der Waals surface area contributed by atoms with Gasteiger partial charge in [-0.25, -0.2) is 4.79 Å². The van der Waals surface area contributed by atoms with Crippen LogP contribution in [0.1, 0.15) is 49.8 Å². The van der Waals surface area contributed by atoms with Crippen molar-refractivity contribution >= 4 is 17.0 Å². The molecule has 3 aromatic carbocycles. The summed E-state index contributed by atoms with van der Waals surface area (Å²) in [6, 6.07) is 30.3. The zero-order valence-electron chi connectivity index (χ0n) is 25.7. The number of pyridine rings is 1. The highest BCUT2D eigenvalue weighted by atomic mass is 16.6. The molecule has 2 aromatic heterocycles. The molecule has 0 radical (unpaired) electrons. The topological polar surface area (TPSA) is 78.7 Å². The number of amides is 1. The Bertz CT molecular complexity index is 1750. The van der Waals surface area contributed by atoms with Crippen molar-refractivity contribution in [3.63, 3.8) is 0 Å². The van der Waals surface area contributed by atoms with Gasteiger partial charge in [-0.3, -0.25) is 4.68 Å². The average Bonchev–Trinajstić information content (AvgIpc) is 3.64. The summed E-state index contributed by atoms with van der Waals surface area (Å²) in [5.74, 6) is 1.18. The molecule has 1 unspecified atom stereocenters. The molecule has 0 spiro atoms. The van der Waals surface area contributed by atoms with Gasteiger partial charge in [-0.2, -0.15) is 10.1 Å². The Kier molecular flexibility index (Phi) is 8.24. The molecule has 3 heterocycles. The molecule has 226 valence electrons. The minimum Gasteiger partial charge on any atom is -0.473 e. The van der Waals surface area contributed by atoms with Crippen LogP contribution < -0.4 is 9.47 Å². The largest absolute Gasteiger partial charge is 0.473 e. The van der Waals surface area contributed by atoms with Gasteiger partial charge in [0.05, 0.1) is 11.1 Å². The standard InChI is InChI=1S/C36H38N4O4/c1-36(2,3)44-35(41)40-20-19-28(22-40)27-15-16-29-31(21-27)39(4)38-33(29)30-17-18-32(42-23-25-11-7-5-8-12-25)37-34(30)43-24-26-13-9-6-10-14-26/h5-18,21,28H,19-20,22-24H2,1-4H3. The molecule has 8 heteroatoms. The average molecular weight is 591 g/mol. The smallest absolute Gasteiger partial charge is 0.410 e. The highest BCUT2D eigenvalue weighted by molar-refractivity contribution is 5.95. The van der Waals surface area contributed by atoms with Crippen LogP contribution in [-0.2, 0) is 25.0 Å². The number of hydrogen-bond donors (Lipinski definition) is 0. The van der Waals surface area contributed by atoms with Crippen molar-refractivity contribution in [2.24, 2.45) is 7.05 Å². The quantitative estimate of drug-likeness (QED) is 0.186. The van der Waals surface area contributed by atoms with E-state index in [2.05, 4.69) is 18.2 Å². The van der Waals surface area contributed by atoms with Crippen LogP contribution in [0.4, 0.5) is 4.79 Å². The fourth-order valence-corrected chi connectivity index (χ4v) is 5.50. The van der Waals surface area contributed by atoms with E-state index in [4.69, 9.17) is 24.3 Å². The number of hydrogen-bond acceptors (Lipinski definition) is 6. The van der Waals surface area contributed by atoms with E-state index < -0.39 is 5.60 Å². The molecule has 44 heavy (non-hydrogen) atoms. The first-order valence-electron chi connectivity index (χ1n) is 15.0. The molecule has 1 fully saturated rings. The summed E-state index contributed by atoms with van der Waals surface area (Å²) in [5, 5.41) is 5.92. The summed E-state index contributed by atoms with van der Waals surface area (Å²) in [7, 11) is 1.95. The van der Waals surface area contributed by atoms with E-state index in [-0.39, 0.29) is 12.0 Å². The van der Waals surface area contributed by atoms with E-state index in [9.17, 15) is 4.79 Å².